The van der Waals surface area contributed by atoms with Gasteiger partial charge in [0.1, 0.15) is 0 Å². The molecule has 0 spiro atoms. The number of methoxy groups -OCH3 is 1. The first-order valence-corrected chi connectivity index (χ1v) is 7.15. The summed E-state index contributed by atoms with van der Waals surface area (Å²) in [5.41, 5.74) is 0. The molecule has 2 unspecified atom stereocenters. The van der Waals surface area contributed by atoms with Crippen LogP contribution in [0.15, 0.2) is 0 Å². The quantitative estimate of drug-likeness (QED) is 0.726. The van der Waals surface area contributed by atoms with Gasteiger partial charge >= 0.3 is 5.97 Å². The Kier molecular flexibility index (Phi) is 4.73. The van der Waals surface area contributed by atoms with Crippen LogP contribution in [0.1, 0.15) is 32.6 Å². The van der Waals surface area contributed by atoms with Crippen molar-refractivity contribution in [1.29, 1.82) is 0 Å². The highest BCUT2D eigenvalue weighted by molar-refractivity contribution is 7.89. The van der Waals surface area contributed by atoms with E-state index in [0.717, 1.165) is 19.3 Å². The van der Waals surface area contributed by atoms with Gasteiger partial charge in [0.15, 0.2) is 0 Å². The summed E-state index contributed by atoms with van der Waals surface area (Å²) in [4.78, 5) is 10.8. The zero-order valence-corrected chi connectivity index (χ0v) is 10.5. The summed E-state index contributed by atoms with van der Waals surface area (Å²) in [6.07, 6.45) is 2.74. The molecule has 2 atom stereocenters. The molecule has 5 nitrogen and oxygen atoms in total. The van der Waals surface area contributed by atoms with Crippen molar-refractivity contribution in [2.75, 3.05) is 12.9 Å². The van der Waals surface area contributed by atoms with Crippen LogP contribution in [-0.4, -0.2) is 33.3 Å². The molecule has 0 aromatic heterocycles. The molecule has 1 rings (SSSR count). The summed E-state index contributed by atoms with van der Waals surface area (Å²) in [6.45, 7) is 2.11. The summed E-state index contributed by atoms with van der Waals surface area (Å²) in [7, 11) is -2.09. The van der Waals surface area contributed by atoms with Crippen molar-refractivity contribution in [2.24, 2.45) is 5.92 Å². The van der Waals surface area contributed by atoms with Gasteiger partial charge in [-0.1, -0.05) is 6.92 Å². The lowest BCUT2D eigenvalue weighted by Crippen LogP contribution is -2.35. The van der Waals surface area contributed by atoms with E-state index < -0.39 is 16.0 Å². The maximum atomic E-state index is 11.6. The minimum absolute atomic E-state index is 0.0395. The Morgan fingerprint density at radius 3 is 2.62 bits per heavy atom. The summed E-state index contributed by atoms with van der Waals surface area (Å²) in [5.74, 6) is -0.108. The van der Waals surface area contributed by atoms with Gasteiger partial charge in [0.2, 0.25) is 10.0 Å². The molecule has 6 heteroatoms. The van der Waals surface area contributed by atoms with Crippen LogP contribution in [0.3, 0.4) is 0 Å². The Morgan fingerprint density at radius 1 is 1.44 bits per heavy atom. The minimum atomic E-state index is -3.34. The molecule has 0 amide bonds. The molecule has 0 aromatic carbocycles. The average Bonchev–Trinajstić information content (AvgIpc) is 2.59. The number of rotatable bonds is 5. The second-order valence-electron chi connectivity index (χ2n) is 4.38. The van der Waals surface area contributed by atoms with E-state index >= 15 is 0 Å². The standard InChI is InChI=1S/C10H19NO4S/c1-8-3-4-9(7-8)11-16(13,14)6-5-10(12)15-2/h8-9,11H,3-7H2,1-2H3. The van der Waals surface area contributed by atoms with Crippen LogP contribution in [0.2, 0.25) is 0 Å². The maximum Gasteiger partial charge on any atom is 0.306 e. The second-order valence-corrected chi connectivity index (χ2v) is 6.25. The molecule has 0 aliphatic heterocycles. The van der Waals surface area contributed by atoms with Gasteiger partial charge in [-0.25, -0.2) is 13.1 Å². The molecule has 16 heavy (non-hydrogen) atoms. The molecular formula is C10H19NO4S. The SMILES string of the molecule is COC(=O)CCS(=O)(=O)NC1CCC(C)C1. The van der Waals surface area contributed by atoms with Gasteiger partial charge in [0.05, 0.1) is 19.3 Å². The first-order chi connectivity index (χ1) is 7.43. The lowest BCUT2D eigenvalue weighted by atomic mass is 10.1. The van der Waals surface area contributed by atoms with Crippen molar-refractivity contribution in [3.05, 3.63) is 0 Å². The molecule has 0 aromatic rings. The third-order valence-electron chi connectivity index (χ3n) is 2.84. The molecule has 94 valence electrons. The Hall–Kier alpha value is -0.620. The largest absolute Gasteiger partial charge is 0.469 e. The fourth-order valence-corrected chi connectivity index (χ4v) is 3.22. The molecule has 0 saturated heterocycles. The summed E-state index contributed by atoms with van der Waals surface area (Å²) < 4.78 is 30.2. The van der Waals surface area contributed by atoms with Gasteiger partial charge in [0, 0.05) is 6.04 Å². The van der Waals surface area contributed by atoms with Crippen LogP contribution in [0, 0.1) is 5.92 Å². The van der Waals surface area contributed by atoms with Gasteiger partial charge in [-0.05, 0) is 25.2 Å². The highest BCUT2D eigenvalue weighted by Crippen LogP contribution is 2.25. The smallest absolute Gasteiger partial charge is 0.306 e. The molecule has 0 radical (unpaired) electrons. The molecular weight excluding hydrogens is 230 g/mol. The van der Waals surface area contributed by atoms with Gasteiger partial charge in [-0.3, -0.25) is 4.79 Å². The number of esters is 1. The first kappa shape index (κ1) is 13.4. The molecule has 1 aliphatic rings. The van der Waals surface area contributed by atoms with Gasteiger partial charge in [0.25, 0.3) is 0 Å². The monoisotopic (exact) mass is 249 g/mol. The van der Waals surface area contributed by atoms with Crippen molar-refractivity contribution in [3.63, 3.8) is 0 Å². The van der Waals surface area contributed by atoms with Crippen LogP contribution in [0.5, 0.6) is 0 Å². The lowest BCUT2D eigenvalue weighted by Gasteiger charge is -2.12. The third-order valence-corrected chi connectivity index (χ3v) is 4.28. The number of sulfonamides is 1. The van der Waals surface area contributed by atoms with Crippen LogP contribution in [-0.2, 0) is 19.6 Å². The highest BCUT2D eigenvalue weighted by Gasteiger charge is 2.25. The Morgan fingerprint density at radius 2 is 2.12 bits per heavy atom. The topological polar surface area (TPSA) is 72.5 Å². The summed E-state index contributed by atoms with van der Waals surface area (Å²) in [5, 5.41) is 0. The van der Waals surface area contributed by atoms with E-state index in [-0.39, 0.29) is 18.2 Å². The van der Waals surface area contributed by atoms with Crippen LogP contribution < -0.4 is 4.72 Å². The van der Waals surface area contributed by atoms with Gasteiger partial charge < -0.3 is 4.74 Å². The van der Waals surface area contributed by atoms with E-state index in [1.807, 2.05) is 0 Å². The zero-order chi connectivity index (χ0) is 12.2. The average molecular weight is 249 g/mol. The van der Waals surface area contributed by atoms with Crippen LogP contribution in [0.4, 0.5) is 0 Å². The normalized spacial score (nSPS) is 25.6. The Bertz CT molecular complexity index is 339. The number of carbonyl (C=O) groups excluding carboxylic acids is 1. The van der Waals surface area contributed by atoms with Crippen molar-refractivity contribution in [3.8, 4) is 0 Å². The molecule has 1 saturated carbocycles. The van der Waals surface area contributed by atoms with E-state index in [9.17, 15) is 13.2 Å². The summed E-state index contributed by atoms with van der Waals surface area (Å²) >= 11 is 0. The maximum absolute atomic E-state index is 11.6. The first-order valence-electron chi connectivity index (χ1n) is 5.50. The molecule has 0 bridgehead atoms. The molecule has 1 N–H and O–H groups in total. The van der Waals surface area contributed by atoms with Crippen LogP contribution in [0.25, 0.3) is 0 Å². The minimum Gasteiger partial charge on any atom is -0.469 e. The van der Waals surface area contributed by atoms with Crippen molar-refractivity contribution in [2.45, 2.75) is 38.6 Å². The fraction of sp³-hybridized carbons (Fsp3) is 0.900. The van der Waals surface area contributed by atoms with E-state index in [0.29, 0.717) is 5.92 Å². The molecule has 0 heterocycles. The number of ether oxygens (including phenoxy) is 1. The van der Waals surface area contributed by atoms with Crippen LogP contribution >= 0.6 is 0 Å². The molecule has 1 fully saturated rings. The zero-order valence-electron chi connectivity index (χ0n) is 9.73. The predicted octanol–water partition coefficient (Wildman–Crippen LogP) is 0.657. The fourth-order valence-electron chi connectivity index (χ4n) is 1.95. The lowest BCUT2D eigenvalue weighted by molar-refractivity contribution is -0.140. The predicted molar refractivity (Wildman–Crippen MR) is 60.4 cm³/mol. The second kappa shape index (κ2) is 5.63. The van der Waals surface area contributed by atoms with E-state index in [1.165, 1.54) is 7.11 Å². The number of hydrogen-bond donors (Lipinski definition) is 1. The van der Waals surface area contributed by atoms with Gasteiger partial charge in [-0.2, -0.15) is 0 Å². The third kappa shape index (κ3) is 4.49. The molecule has 1 aliphatic carbocycles. The van der Waals surface area contributed by atoms with Crippen molar-refractivity contribution >= 4 is 16.0 Å². The van der Waals surface area contributed by atoms with Crippen molar-refractivity contribution < 1.29 is 17.9 Å². The number of carbonyl (C=O) groups is 1. The van der Waals surface area contributed by atoms with E-state index in [1.54, 1.807) is 0 Å². The van der Waals surface area contributed by atoms with E-state index in [2.05, 4.69) is 16.4 Å². The highest BCUT2D eigenvalue weighted by atomic mass is 32.2. The summed E-state index contributed by atoms with van der Waals surface area (Å²) in [6, 6.07) is 0.0395. The Labute approximate surface area is 96.6 Å². The number of hydrogen-bond acceptors (Lipinski definition) is 4. The van der Waals surface area contributed by atoms with Gasteiger partial charge in [-0.15, -0.1) is 0 Å². The Balaban J connectivity index is 2.37. The van der Waals surface area contributed by atoms with E-state index in [4.69, 9.17) is 0 Å². The number of nitrogens with one attached hydrogen (secondary N) is 1. The van der Waals surface area contributed by atoms with Crippen molar-refractivity contribution in [1.82, 2.24) is 4.72 Å².